The lowest BCUT2D eigenvalue weighted by molar-refractivity contribution is 0.327. The van der Waals surface area contributed by atoms with Gasteiger partial charge in [-0.15, -0.1) is 0 Å². The molecule has 2 atom stereocenters. The molecule has 20 heavy (non-hydrogen) atoms. The Kier molecular flexibility index (Phi) is 4.77. The molecule has 2 aliphatic rings. The maximum Gasteiger partial charge on any atom is 0.0325 e. The number of hydrogen-bond donors (Lipinski definition) is 1. The quantitative estimate of drug-likeness (QED) is 0.767. The van der Waals surface area contributed by atoms with Crippen molar-refractivity contribution >= 4 is 0 Å². The molecule has 0 amide bonds. The highest BCUT2D eigenvalue weighted by atomic mass is 15.0. The summed E-state index contributed by atoms with van der Waals surface area (Å²) in [6, 6.07) is 10.5. The molecule has 0 heterocycles. The van der Waals surface area contributed by atoms with E-state index < -0.39 is 0 Å². The molecule has 3 rings (SSSR count). The van der Waals surface area contributed by atoms with Gasteiger partial charge in [-0.25, -0.2) is 0 Å². The van der Waals surface area contributed by atoms with E-state index in [2.05, 4.69) is 36.5 Å². The van der Waals surface area contributed by atoms with Gasteiger partial charge in [-0.3, -0.25) is 0 Å². The molecule has 1 N–H and O–H groups in total. The van der Waals surface area contributed by atoms with Gasteiger partial charge in [0.2, 0.25) is 0 Å². The van der Waals surface area contributed by atoms with Crippen LogP contribution in [0.3, 0.4) is 0 Å². The van der Waals surface area contributed by atoms with Crippen LogP contribution in [0, 0.1) is 0 Å². The summed E-state index contributed by atoms with van der Waals surface area (Å²) in [5, 5.41) is 4.00. The summed E-state index contributed by atoms with van der Waals surface area (Å²) < 4.78 is 0. The third kappa shape index (κ3) is 3.25. The van der Waals surface area contributed by atoms with Gasteiger partial charge in [0.25, 0.3) is 0 Å². The fourth-order valence-corrected chi connectivity index (χ4v) is 4.09. The van der Waals surface area contributed by atoms with Gasteiger partial charge in [0.05, 0.1) is 0 Å². The van der Waals surface area contributed by atoms with Crippen molar-refractivity contribution in [1.82, 2.24) is 5.32 Å². The average Bonchev–Trinajstić information content (AvgIpc) is 2.44. The lowest BCUT2D eigenvalue weighted by atomic mass is 9.80. The Labute approximate surface area is 124 Å². The van der Waals surface area contributed by atoms with Gasteiger partial charge in [-0.2, -0.15) is 0 Å². The normalized spacial score (nSPS) is 28.4. The largest absolute Gasteiger partial charge is 0.307 e. The molecule has 0 bridgehead atoms. The number of hydrogen-bond acceptors (Lipinski definition) is 1. The minimum absolute atomic E-state index is 0.604. The molecule has 0 saturated heterocycles. The Balaban J connectivity index is 1.69. The topological polar surface area (TPSA) is 12.0 Å². The average molecular weight is 271 g/mol. The number of benzene rings is 1. The first-order chi connectivity index (χ1) is 9.84. The van der Waals surface area contributed by atoms with E-state index in [4.69, 9.17) is 0 Å². The van der Waals surface area contributed by atoms with Crippen molar-refractivity contribution in [3.63, 3.8) is 0 Å². The monoisotopic (exact) mass is 271 g/mol. The molecule has 0 spiro atoms. The summed E-state index contributed by atoms with van der Waals surface area (Å²) in [6.45, 7) is 2.38. The summed E-state index contributed by atoms with van der Waals surface area (Å²) in [5.41, 5.74) is 3.16. The Hall–Kier alpha value is -0.820. The lowest BCUT2D eigenvalue weighted by Crippen LogP contribution is -2.35. The standard InChI is InChI=1S/C19H29N/c1-15-13-14-19(18-12-8-7-11-17(15)18)20-16-9-5-3-2-4-6-10-16/h7-8,11-12,15-16,19-20H,2-6,9-10,13-14H2,1H3. The lowest BCUT2D eigenvalue weighted by Gasteiger charge is -2.34. The Morgan fingerprint density at radius 2 is 1.45 bits per heavy atom. The van der Waals surface area contributed by atoms with Crippen LogP contribution in [0.5, 0.6) is 0 Å². The van der Waals surface area contributed by atoms with E-state index in [1.165, 1.54) is 57.8 Å². The zero-order valence-electron chi connectivity index (χ0n) is 12.9. The zero-order valence-corrected chi connectivity index (χ0v) is 12.9. The minimum Gasteiger partial charge on any atom is -0.307 e. The van der Waals surface area contributed by atoms with E-state index in [1.807, 2.05) is 0 Å². The Bertz CT molecular complexity index is 418. The Morgan fingerprint density at radius 3 is 2.20 bits per heavy atom. The summed E-state index contributed by atoms with van der Waals surface area (Å²) in [6.07, 6.45) is 12.6. The van der Waals surface area contributed by atoms with Gasteiger partial charge >= 0.3 is 0 Å². The van der Waals surface area contributed by atoms with Crippen molar-refractivity contribution in [3.8, 4) is 0 Å². The van der Waals surface area contributed by atoms with Crippen molar-refractivity contribution in [3.05, 3.63) is 35.4 Å². The maximum atomic E-state index is 4.00. The van der Waals surface area contributed by atoms with Crippen LogP contribution in [-0.4, -0.2) is 6.04 Å². The van der Waals surface area contributed by atoms with Gasteiger partial charge in [-0.05, 0) is 42.7 Å². The van der Waals surface area contributed by atoms with Gasteiger partial charge in [0.15, 0.2) is 0 Å². The van der Waals surface area contributed by atoms with Crippen molar-refractivity contribution < 1.29 is 0 Å². The van der Waals surface area contributed by atoms with Gasteiger partial charge < -0.3 is 5.32 Å². The van der Waals surface area contributed by atoms with Crippen molar-refractivity contribution in [2.75, 3.05) is 0 Å². The molecule has 0 aliphatic heterocycles. The van der Waals surface area contributed by atoms with Crippen LogP contribution < -0.4 is 5.32 Å². The number of fused-ring (bicyclic) bond motifs is 1. The molecule has 1 aromatic carbocycles. The van der Waals surface area contributed by atoms with E-state index in [9.17, 15) is 0 Å². The van der Waals surface area contributed by atoms with E-state index in [0.29, 0.717) is 6.04 Å². The molecule has 1 fully saturated rings. The summed E-state index contributed by atoms with van der Waals surface area (Å²) >= 11 is 0. The molecule has 0 radical (unpaired) electrons. The highest BCUT2D eigenvalue weighted by Crippen LogP contribution is 2.37. The van der Waals surface area contributed by atoms with Crippen LogP contribution in [0.2, 0.25) is 0 Å². The first-order valence-electron chi connectivity index (χ1n) is 8.69. The maximum absolute atomic E-state index is 4.00. The van der Waals surface area contributed by atoms with E-state index in [1.54, 1.807) is 11.1 Å². The van der Waals surface area contributed by atoms with Crippen LogP contribution in [0.25, 0.3) is 0 Å². The van der Waals surface area contributed by atoms with Gasteiger partial charge in [0.1, 0.15) is 0 Å². The van der Waals surface area contributed by atoms with Crippen molar-refractivity contribution in [2.45, 2.75) is 82.7 Å². The molecular formula is C19H29N. The van der Waals surface area contributed by atoms with E-state index in [-0.39, 0.29) is 0 Å². The fourth-order valence-electron chi connectivity index (χ4n) is 4.09. The third-order valence-electron chi connectivity index (χ3n) is 5.33. The predicted molar refractivity (Wildman–Crippen MR) is 86.1 cm³/mol. The smallest absolute Gasteiger partial charge is 0.0325 e. The van der Waals surface area contributed by atoms with Crippen molar-refractivity contribution in [2.24, 2.45) is 0 Å². The van der Waals surface area contributed by atoms with Crippen molar-refractivity contribution in [1.29, 1.82) is 0 Å². The Morgan fingerprint density at radius 1 is 0.800 bits per heavy atom. The second kappa shape index (κ2) is 6.76. The molecule has 1 saturated carbocycles. The van der Waals surface area contributed by atoms with E-state index >= 15 is 0 Å². The summed E-state index contributed by atoms with van der Waals surface area (Å²) in [4.78, 5) is 0. The molecule has 1 heteroatoms. The summed E-state index contributed by atoms with van der Waals surface area (Å²) in [7, 11) is 0. The zero-order chi connectivity index (χ0) is 13.8. The molecule has 0 aromatic heterocycles. The molecule has 110 valence electrons. The second-order valence-electron chi connectivity index (χ2n) is 6.87. The third-order valence-corrected chi connectivity index (χ3v) is 5.33. The fraction of sp³-hybridized carbons (Fsp3) is 0.684. The predicted octanol–water partition coefficient (Wildman–Crippen LogP) is 5.33. The highest BCUT2D eigenvalue weighted by Gasteiger charge is 2.26. The van der Waals surface area contributed by atoms with Gasteiger partial charge in [-0.1, -0.05) is 63.3 Å². The molecule has 2 unspecified atom stereocenters. The van der Waals surface area contributed by atoms with Crippen LogP contribution in [0.15, 0.2) is 24.3 Å². The SMILES string of the molecule is CC1CCC(NC2CCCCCCC2)c2ccccc21. The van der Waals surface area contributed by atoms with E-state index in [0.717, 1.165) is 12.0 Å². The number of nitrogens with one attached hydrogen (secondary N) is 1. The number of rotatable bonds is 2. The first kappa shape index (κ1) is 14.1. The first-order valence-corrected chi connectivity index (χ1v) is 8.69. The van der Waals surface area contributed by atoms with Crippen LogP contribution >= 0.6 is 0 Å². The molecule has 1 aromatic rings. The van der Waals surface area contributed by atoms with Gasteiger partial charge in [0, 0.05) is 12.1 Å². The molecule has 2 aliphatic carbocycles. The van der Waals surface area contributed by atoms with Crippen LogP contribution in [-0.2, 0) is 0 Å². The van der Waals surface area contributed by atoms with Crippen LogP contribution in [0.4, 0.5) is 0 Å². The second-order valence-corrected chi connectivity index (χ2v) is 6.87. The van der Waals surface area contributed by atoms with Crippen LogP contribution in [0.1, 0.15) is 87.8 Å². The highest BCUT2D eigenvalue weighted by molar-refractivity contribution is 5.35. The molecular weight excluding hydrogens is 242 g/mol. The minimum atomic E-state index is 0.604. The summed E-state index contributed by atoms with van der Waals surface area (Å²) in [5.74, 6) is 0.738. The molecule has 1 nitrogen and oxygen atoms in total.